The largest absolute Gasteiger partial charge is 0.381 e. The number of carbonyl (C=O) groups excluding carboxylic acids is 3. The number of nitriles is 1. The first-order valence-electron chi connectivity index (χ1n) is 14.9. The number of allylic oxidation sites excluding steroid dienone is 3. The van der Waals surface area contributed by atoms with E-state index in [0.717, 1.165) is 24.8 Å². The first-order chi connectivity index (χ1) is 17.9. The van der Waals surface area contributed by atoms with Crippen LogP contribution in [0, 0.1) is 55.7 Å². The summed E-state index contributed by atoms with van der Waals surface area (Å²) in [5.41, 5.74) is -4.17. The van der Waals surface area contributed by atoms with Crippen molar-refractivity contribution in [2.45, 2.75) is 106 Å². The minimum absolute atomic E-state index is 0.0292. The molecule has 7 unspecified atom stereocenters. The number of hydrogen-bond donors (Lipinski definition) is 2. The Kier molecular flexibility index (Phi) is 5.91. The molecule has 6 nitrogen and oxygen atoms in total. The van der Waals surface area contributed by atoms with E-state index in [1.807, 2.05) is 26.8 Å². The molecule has 0 saturated heterocycles. The molecule has 3 fully saturated rings. The fourth-order valence-electron chi connectivity index (χ4n) is 10.4. The average Bonchev–Trinajstić information content (AvgIpc) is 2.85. The molecule has 0 spiro atoms. The third-order valence-corrected chi connectivity index (χ3v) is 12.8. The Morgan fingerprint density at radius 2 is 1.67 bits per heavy atom. The summed E-state index contributed by atoms with van der Waals surface area (Å²) < 4.78 is 0. The van der Waals surface area contributed by atoms with Gasteiger partial charge in [0.05, 0.1) is 11.0 Å². The van der Waals surface area contributed by atoms with Gasteiger partial charge in [0.25, 0.3) is 0 Å². The first kappa shape index (κ1) is 28.3. The standard InChI is InChI=1S/C33H46N2O4/c1-9-35-26(38)32-14-12-27(2,3)18-23(32)33(39)24(36)16-22-29(6)17-20(19-34)25(37)28(4,5)21(29)10-11-30(22,7)31(33,8)13-15-32/h16-17,21,23,39H,9-15,18H2,1-8H3,(H,35,38). The topological polar surface area (TPSA) is 107 Å². The van der Waals surface area contributed by atoms with Crippen LogP contribution in [0.15, 0.2) is 23.3 Å². The van der Waals surface area contributed by atoms with Gasteiger partial charge in [-0.3, -0.25) is 14.4 Å². The second-order valence-corrected chi connectivity index (χ2v) is 15.4. The average molecular weight is 535 g/mol. The molecule has 5 aliphatic rings. The minimum atomic E-state index is -1.68. The summed E-state index contributed by atoms with van der Waals surface area (Å²) in [7, 11) is 0. The molecular formula is C33H46N2O4. The van der Waals surface area contributed by atoms with Crippen LogP contribution in [-0.4, -0.2) is 34.7 Å². The van der Waals surface area contributed by atoms with E-state index in [1.165, 1.54) is 0 Å². The normalized spacial score (nSPS) is 45.8. The summed E-state index contributed by atoms with van der Waals surface area (Å²) in [6.07, 6.45) is 8.36. The smallest absolute Gasteiger partial charge is 0.226 e. The molecule has 3 saturated carbocycles. The Labute approximate surface area is 233 Å². The number of carbonyl (C=O) groups is 3. The molecule has 212 valence electrons. The van der Waals surface area contributed by atoms with Gasteiger partial charge in [0.2, 0.25) is 5.91 Å². The SMILES string of the molecule is CCNC(=O)C12CCC(C)(C)CC1C1(O)C(=O)C=C3C4(C)C=C(C#N)C(=O)C(C)(C)C4CCC3(C)C1(C)CC2. The molecule has 7 atom stereocenters. The molecule has 0 aromatic heterocycles. The third-order valence-electron chi connectivity index (χ3n) is 12.8. The van der Waals surface area contributed by atoms with Crippen molar-refractivity contribution in [3.63, 3.8) is 0 Å². The number of amides is 1. The zero-order valence-corrected chi connectivity index (χ0v) is 25.1. The Hall–Kier alpha value is -2.26. The molecular weight excluding hydrogens is 488 g/mol. The Bertz CT molecular complexity index is 1270. The van der Waals surface area contributed by atoms with E-state index in [-0.39, 0.29) is 34.4 Å². The highest BCUT2D eigenvalue weighted by Gasteiger charge is 2.76. The molecule has 0 aromatic rings. The van der Waals surface area contributed by atoms with Crippen LogP contribution >= 0.6 is 0 Å². The van der Waals surface area contributed by atoms with Crippen molar-refractivity contribution in [1.29, 1.82) is 5.26 Å². The predicted octanol–water partition coefficient (Wildman–Crippen LogP) is 5.46. The molecule has 0 heterocycles. The van der Waals surface area contributed by atoms with E-state index in [4.69, 9.17) is 0 Å². The number of Topliss-reactive ketones (excluding diaryl/α,β-unsaturated/α-hetero) is 1. The van der Waals surface area contributed by atoms with Gasteiger partial charge in [-0.15, -0.1) is 0 Å². The number of fused-ring (bicyclic) bond motifs is 7. The summed E-state index contributed by atoms with van der Waals surface area (Å²) in [6, 6.07) is 2.14. The van der Waals surface area contributed by atoms with Crippen LogP contribution in [0.25, 0.3) is 0 Å². The molecule has 0 aromatic carbocycles. The van der Waals surface area contributed by atoms with Crippen LogP contribution in [0.2, 0.25) is 0 Å². The molecule has 5 rings (SSSR count). The maximum Gasteiger partial charge on any atom is 0.226 e. The molecule has 1 amide bonds. The van der Waals surface area contributed by atoms with Crippen molar-refractivity contribution in [3.05, 3.63) is 23.3 Å². The number of ketones is 2. The van der Waals surface area contributed by atoms with Crippen molar-refractivity contribution in [2.75, 3.05) is 6.54 Å². The van der Waals surface area contributed by atoms with Crippen LogP contribution < -0.4 is 5.32 Å². The molecule has 2 N–H and O–H groups in total. The van der Waals surface area contributed by atoms with Crippen molar-refractivity contribution in [2.24, 2.45) is 44.3 Å². The number of rotatable bonds is 2. The highest BCUT2D eigenvalue weighted by Crippen LogP contribution is 2.75. The van der Waals surface area contributed by atoms with Gasteiger partial charge in [0.1, 0.15) is 11.7 Å². The van der Waals surface area contributed by atoms with E-state index in [0.29, 0.717) is 32.2 Å². The summed E-state index contributed by atoms with van der Waals surface area (Å²) in [5.74, 6) is -1.00. The van der Waals surface area contributed by atoms with E-state index in [9.17, 15) is 24.8 Å². The van der Waals surface area contributed by atoms with Crippen LogP contribution in [0.5, 0.6) is 0 Å². The second kappa shape index (κ2) is 8.15. The van der Waals surface area contributed by atoms with Crippen LogP contribution in [0.4, 0.5) is 0 Å². The van der Waals surface area contributed by atoms with Gasteiger partial charge < -0.3 is 10.4 Å². The zero-order chi connectivity index (χ0) is 29.0. The lowest BCUT2D eigenvalue weighted by Crippen LogP contribution is -2.75. The summed E-state index contributed by atoms with van der Waals surface area (Å²) in [5, 5.41) is 25.9. The molecule has 6 heteroatoms. The number of hydrogen-bond acceptors (Lipinski definition) is 5. The second-order valence-electron chi connectivity index (χ2n) is 15.4. The Morgan fingerprint density at radius 1 is 1.03 bits per heavy atom. The quantitative estimate of drug-likeness (QED) is 0.489. The van der Waals surface area contributed by atoms with Crippen LogP contribution in [-0.2, 0) is 14.4 Å². The first-order valence-corrected chi connectivity index (χ1v) is 14.9. The number of nitrogens with one attached hydrogen (secondary N) is 1. The van der Waals surface area contributed by atoms with Crippen LogP contribution in [0.3, 0.4) is 0 Å². The molecule has 0 radical (unpaired) electrons. The number of aliphatic hydroxyl groups is 1. The van der Waals surface area contributed by atoms with E-state index < -0.39 is 38.6 Å². The highest BCUT2D eigenvalue weighted by atomic mass is 16.3. The monoisotopic (exact) mass is 534 g/mol. The van der Waals surface area contributed by atoms with Crippen molar-refractivity contribution in [3.8, 4) is 6.07 Å². The van der Waals surface area contributed by atoms with Gasteiger partial charge in [0, 0.05) is 28.7 Å². The van der Waals surface area contributed by atoms with Crippen molar-refractivity contribution in [1.82, 2.24) is 5.32 Å². The number of nitrogens with zero attached hydrogens (tertiary/aromatic N) is 1. The minimum Gasteiger partial charge on any atom is -0.381 e. The van der Waals surface area contributed by atoms with Gasteiger partial charge in [-0.25, -0.2) is 0 Å². The van der Waals surface area contributed by atoms with Gasteiger partial charge in [-0.2, -0.15) is 5.26 Å². The molecule has 0 bridgehead atoms. The molecule has 5 aliphatic carbocycles. The third kappa shape index (κ3) is 3.20. The summed E-state index contributed by atoms with van der Waals surface area (Å²) in [6.45, 7) is 17.0. The molecule has 39 heavy (non-hydrogen) atoms. The van der Waals surface area contributed by atoms with E-state index in [2.05, 4.69) is 46.0 Å². The fraction of sp³-hybridized carbons (Fsp3) is 0.758. The van der Waals surface area contributed by atoms with Crippen LogP contribution in [0.1, 0.15) is 100 Å². The van der Waals surface area contributed by atoms with Gasteiger partial charge in [0.15, 0.2) is 11.6 Å². The lowest BCUT2D eigenvalue weighted by atomic mass is 9.32. The van der Waals surface area contributed by atoms with Gasteiger partial charge in [-0.1, -0.05) is 54.5 Å². The van der Waals surface area contributed by atoms with E-state index in [1.54, 1.807) is 6.08 Å². The van der Waals surface area contributed by atoms with E-state index >= 15 is 0 Å². The zero-order valence-electron chi connectivity index (χ0n) is 25.1. The van der Waals surface area contributed by atoms with Gasteiger partial charge in [-0.05, 0) is 80.3 Å². The Balaban J connectivity index is 1.74. The summed E-state index contributed by atoms with van der Waals surface area (Å²) in [4.78, 5) is 41.5. The highest BCUT2D eigenvalue weighted by molar-refractivity contribution is 6.05. The lowest BCUT2D eigenvalue weighted by Gasteiger charge is -2.71. The van der Waals surface area contributed by atoms with Crippen molar-refractivity contribution < 1.29 is 19.5 Å². The fourth-order valence-corrected chi connectivity index (χ4v) is 10.4. The maximum atomic E-state index is 14.5. The van der Waals surface area contributed by atoms with Gasteiger partial charge >= 0.3 is 0 Å². The Morgan fingerprint density at radius 3 is 2.28 bits per heavy atom. The summed E-state index contributed by atoms with van der Waals surface area (Å²) >= 11 is 0. The predicted molar refractivity (Wildman–Crippen MR) is 149 cm³/mol. The molecule has 0 aliphatic heterocycles. The van der Waals surface area contributed by atoms with Crippen molar-refractivity contribution >= 4 is 17.5 Å². The lowest BCUT2D eigenvalue weighted by molar-refractivity contribution is -0.242. The maximum absolute atomic E-state index is 14.5.